The van der Waals surface area contributed by atoms with Crippen LogP contribution in [0.1, 0.15) is 15.4 Å². The Labute approximate surface area is 149 Å². The molecule has 0 fully saturated rings. The highest BCUT2D eigenvalue weighted by molar-refractivity contribution is 7.21. The molecule has 3 aromatic rings. The topological polar surface area (TPSA) is 88.3 Å². The number of fused-ring (bicyclic) bond motifs is 1. The van der Waals surface area contributed by atoms with E-state index in [4.69, 9.17) is 5.73 Å². The monoisotopic (exact) mass is 354 g/mol. The SMILES string of the molecule is CN(C)c1ccc(CNc2ccc3nc(C(=O)C(N)=O)sc3c2)cc1. The molecule has 0 aliphatic rings. The first kappa shape index (κ1) is 16.9. The zero-order valence-electron chi connectivity index (χ0n) is 13.9. The molecule has 6 nitrogen and oxygen atoms in total. The van der Waals surface area contributed by atoms with Gasteiger partial charge in [0.25, 0.3) is 11.7 Å². The van der Waals surface area contributed by atoms with E-state index in [1.54, 1.807) is 0 Å². The number of nitrogens with zero attached hydrogens (tertiary/aromatic N) is 2. The van der Waals surface area contributed by atoms with Crippen LogP contribution >= 0.6 is 11.3 Å². The van der Waals surface area contributed by atoms with Crippen LogP contribution in [0, 0.1) is 0 Å². The molecule has 2 aromatic carbocycles. The molecule has 3 N–H and O–H groups in total. The summed E-state index contributed by atoms with van der Waals surface area (Å²) in [6.45, 7) is 0.686. The molecular formula is C18H18N4O2S. The normalized spacial score (nSPS) is 10.6. The van der Waals surface area contributed by atoms with Crippen molar-refractivity contribution in [1.29, 1.82) is 0 Å². The van der Waals surface area contributed by atoms with Gasteiger partial charge >= 0.3 is 0 Å². The highest BCUT2D eigenvalue weighted by Gasteiger charge is 2.17. The Hall–Kier alpha value is -2.93. The molecule has 0 unspecified atom stereocenters. The number of nitrogens with one attached hydrogen (secondary N) is 1. The highest BCUT2D eigenvalue weighted by Crippen LogP contribution is 2.26. The molecule has 0 saturated carbocycles. The predicted octanol–water partition coefficient (Wildman–Crippen LogP) is 2.64. The van der Waals surface area contributed by atoms with Gasteiger partial charge in [-0.15, -0.1) is 11.3 Å². The van der Waals surface area contributed by atoms with Crippen LogP contribution in [-0.2, 0) is 11.3 Å². The Morgan fingerprint density at radius 2 is 1.88 bits per heavy atom. The fourth-order valence-corrected chi connectivity index (χ4v) is 3.30. The number of primary amides is 1. The Bertz CT molecular complexity index is 932. The number of thiazole rings is 1. The molecule has 0 aliphatic carbocycles. The number of carbonyl (C=O) groups is 2. The minimum atomic E-state index is -0.987. The van der Waals surface area contributed by atoms with E-state index in [9.17, 15) is 9.59 Å². The number of nitrogens with two attached hydrogens (primary N) is 1. The number of benzene rings is 2. The van der Waals surface area contributed by atoms with Gasteiger partial charge in [-0.2, -0.15) is 0 Å². The van der Waals surface area contributed by atoms with Gasteiger partial charge in [0.1, 0.15) is 0 Å². The standard InChI is InChI=1S/C18H18N4O2S/c1-22(2)13-6-3-11(4-7-13)10-20-12-5-8-14-15(9-12)25-18(21-14)16(23)17(19)24/h3-9,20H,10H2,1-2H3,(H2,19,24). The molecule has 7 heteroatoms. The van der Waals surface area contributed by atoms with Gasteiger partial charge in [0.2, 0.25) is 0 Å². The van der Waals surface area contributed by atoms with Crippen molar-refractivity contribution in [2.75, 3.05) is 24.3 Å². The van der Waals surface area contributed by atoms with Gasteiger partial charge in [-0.1, -0.05) is 12.1 Å². The average Bonchev–Trinajstić information content (AvgIpc) is 3.02. The van der Waals surface area contributed by atoms with Crippen LogP contribution in [0.4, 0.5) is 11.4 Å². The maximum absolute atomic E-state index is 11.6. The third kappa shape index (κ3) is 3.77. The molecule has 25 heavy (non-hydrogen) atoms. The van der Waals surface area contributed by atoms with Crippen LogP contribution in [-0.4, -0.2) is 30.8 Å². The van der Waals surface area contributed by atoms with Crippen LogP contribution in [0.2, 0.25) is 0 Å². The first-order chi connectivity index (χ1) is 11.9. The number of rotatable bonds is 6. The van der Waals surface area contributed by atoms with Crippen molar-refractivity contribution in [2.24, 2.45) is 5.73 Å². The largest absolute Gasteiger partial charge is 0.381 e. The molecule has 3 rings (SSSR count). The van der Waals surface area contributed by atoms with Crippen molar-refractivity contribution in [3.63, 3.8) is 0 Å². The van der Waals surface area contributed by atoms with Crippen molar-refractivity contribution in [2.45, 2.75) is 6.54 Å². The second-order valence-corrected chi connectivity index (χ2v) is 6.84. The summed E-state index contributed by atoms with van der Waals surface area (Å²) in [5.74, 6) is -1.74. The summed E-state index contributed by atoms with van der Waals surface area (Å²) in [5, 5.41) is 3.48. The molecule has 0 atom stereocenters. The van der Waals surface area contributed by atoms with Crippen LogP contribution in [0.3, 0.4) is 0 Å². The summed E-state index contributed by atoms with van der Waals surface area (Å²) in [7, 11) is 4.02. The molecule has 128 valence electrons. The first-order valence-electron chi connectivity index (χ1n) is 7.69. The molecule has 0 aliphatic heterocycles. The Balaban J connectivity index is 1.73. The quantitative estimate of drug-likeness (QED) is 0.525. The molecule has 1 aromatic heterocycles. The molecule has 0 spiro atoms. The van der Waals surface area contributed by atoms with Crippen LogP contribution < -0.4 is 16.0 Å². The number of ketones is 1. The van der Waals surface area contributed by atoms with E-state index in [1.807, 2.05) is 32.3 Å². The van der Waals surface area contributed by atoms with E-state index in [-0.39, 0.29) is 5.01 Å². The van der Waals surface area contributed by atoms with Gasteiger partial charge in [0.05, 0.1) is 10.2 Å². The minimum Gasteiger partial charge on any atom is -0.381 e. The minimum absolute atomic E-state index is 0.124. The van der Waals surface area contributed by atoms with E-state index in [0.717, 1.165) is 16.1 Å². The Kier molecular flexibility index (Phi) is 4.67. The first-order valence-corrected chi connectivity index (χ1v) is 8.50. The summed E-state index contributed by atoms with van der Waals surface area (Å²) >= 11 is 1.17. The molecule has 1 amide bonds. The highest BCUT2D eigenvalue weighted by atomic mass is 32.1. The van der Waals surface area contributed by atoms with Gasteiger partial charge in [0, 0.05) is 32.0 Å². The average molecular weight is 354 g/mol. The van der Waals surface area contributed by atoms with Crippen molar-refractivity contribution < 1.29 is 9.59 Å². The molecule has 0 bridgehead atoms. The number of Topliss-reactive ketones (excluding diaryl/α,β-unsaturated/α-hetero) is 1. The fourth-order valence-electron chi connectivity index (χ4n) is 2.35. The van der Waals surface area contributed by atoms with Gasteiger partial charge in [0.15, 0.2) is 5.01 Å². The maximum Gasteiger partial charge on any atom is 0.292 e. The summed E-state index contributed by atoms with van der Waals surface area (Å²) in [5.41, 5.74) is 8.94. The summed E-state index contributed by atoms with van der Waals surface area (Å²) < 4.78 is 0.831. The lowest BCUT2D eigenvalue weighted by molar-refractivity contribution is -0.114. The number of carbonyl (C=O) groups excluding carboxylic acids is 2. The van der Waals surface area contributed by atoms with Gasteiger partial charge in [-0.05, 0) is 35.9 Å². The van der Waals surface area contributed by atoms with E-state index in [1.165, 1.54) is 16.9 Å². The summed E-state index contributed by atoms with van der Waals surface area (Å²) in [4.78, 5) is 28.8. The van der Waals surface area contributed by atoms with Crippen molar-refractivity contribution in [3.05, 3.63) is 53.0 Å². The second kappa shape index (κ2) is 6.90. The Morgan fingerprint density at radius 3 is 2.52 bits per heavy atom. The fraction of sp³-hybridized carbons (Fsp3) is 0.167. The molecular weight excluding hydrogens is 336 g/mol. The maximum atomic E-state index is 11.6. The molecule has 0 radical (unpaired) electrons. The second-order valence-electron chi connectivity index (χ2n) is 5.81. The van der Waals surface area contributed by atoms with E-state index in [2.05, 4.69) is 39.5 Å². The summed E-state index contributed by atoms with van der Waals surface area (Å²) in [6.07, 6.45) is 0. The van der Waals surface area contributed by atoms with Crippen molar-refractivity contribution in [1.82, 2.24) is 4.98 Å². The third-order valence-electron chi connectivity index (χ3n) is 3.76. The van der Waals surface area contributed by atoms with Gasteiger partial charge < -0.3 is 16.0 Å². The van der Waals surface area contributed by atoms with Crippen LogP contribution in [0.5, 0.6) is 0 Å². The van der Waals surface area contributed by atoms with Gasteiger partial charge in [-0.3, -0.25) is 9.59 Å². The van der Waals surface area contributed by atoms with Gasteiger partial charge in [-0.25, -0.2) is 4.98 Å². The predicted molar refractivity (Wildman–Crippen MR) is 101 cm³/mol. The molecule has 0 saturated heterocycles. The lowest BCUT2D eigenvalue weighted by atomic mass is 10.2. The number of anilines is 2. The molecule has 1 heterocycles. The Morgan fingerprint density at radius 1 is 1.16 bits per heavy atom. The number of amides is 1. The van der Waals surface area contributed by atoms with Crippen molar-refractivity contribution >= 4 is 44.6 Å². The van der Waals surface area contributed by atoms with E-state index < -0.39 is 11.7 Å². The number of hydrogen-bond donors (Lipinski definition) is 2. The zero-order chi connectivity index (χ0) is 18.0. The van der Waals surface area contributed by atoms with Crippen molar-refractivity contribution in [3.8, 4) is 0 Å². The lowest BCUT2D eigenvalue weighted by Gasteiger charge is -2.13. The third-order valence-corrected chi connectivity index (χ3v) is 4.77. The summed E-state index contributed by atoms with van der Waals surface area (Å²) in [6, 6.07) is 13.9. The lowest BCUT2D eigenvalue weighted by Crippen LogP contribution is -2.22. The smallest absolute Gasteiger partial charge is 0.292 e. The van der Waals surface area contributed by atoms with Crippen LogP contribution in [0.25, 0.3) is 10.2 Å². The van der Waals surface area contributed by atoms with E-state index >= 15 is 0 Å². The van der Waals surface area contributed by atoms with Crippen LogP contribution in [0.15, 0.2) is 42.5 Å². The van der Waals surface area contributed by atoms with E-state index in [0.29, 0.717) is 12.1 Å². The number of hydrogen-bond acceptors (Lipinski definition) is 6. The zero-order valence-corrected chi connectivity index (χ0v) is 14.8. The number of aromatic nitrogens is 1.